The molecule has 0 aromatic carbocycles. The number of carbonyl (C=O) groups excluding carboxylic acids is 3. The summed E-state index contributed by atoms with van der Waals surface area (Å²) in [5.74, 6) is -1.51. The predicted molar refractivity (Wildman–Crippen MR) is 279 cm³/mol. The standard InChI is InChI=1S/C56H97O11P/c1-4-7-10-13-16-19-21-23-25-26-28-30-32-35-38-41-44-47-56(60)67-53(49-63-54(58)45-42-39-36-33-18-15-12-9-6-3)51-65-68(61,62)64-50-52(48-57)66-55(59)46-43-40-37-34-31-29-27-24-22-20-17-14-11-8-5-2/h7,10,16-17,19-20,23-25,27-28,30,52-53,57H,4-6,8-9,11-15,18,21-22,26,29,31-51H2,1-3H3,(H,61,62)/b10-7-,19-16-,20-17-,25-23-,27-24-,30-28-. The molecular formula is C56H97O11P. The number of hydrogen-bond donors (Lipinski definition) is 2. The molecule has 2 N–H and O–H groups in total. The van der Waals surface area contributed by atoms with E-state index in [0.717, 1.165) is 116 Å². The largest absolute Gasteiger partial charge is 0.472 e. The van der Waals surface area contributed by atoms with Crippen molar-refractivity contribution in [3.05, 3.63) is 72.9 Å². The van der Waals surface area contributed by atoms with Gasteiger partial charge in [0.2, 0.25) is 0 Å². The maximum Gasteiger partial charge on any atom is 0.472 e. The topological polar surface area (TPSA) is 155 Å². The zero-order chi connectivity index (χ0) is 49.9. The Hall–Kier alpha value is -3.08. The monoisotopic (exact) mass is 977 g/mol. The first-order chi connectivity index (χ1) is 33.2. The number of aliphatic hydroxyl groups is 1. The first kappa shape index (κ1) is 64.9. The Morgan fingerprint density at radius 3 is 1.21 bits per heavy atom. The molecule has 0 aromatic heterocycles. The van der Waals surface area contributed by atoms with Crippen LogP contribution in [0, 0.1) is 0 Å². The van der Waals surface area contributed by atoms with Gasteiger partial charge in [0.1, 0.15) is 12.7 Å². The van der Waals surface area contributed by atoms with Crippen LogP contribution in [0.1, 0.15) is 226 Å². The van der Waals surface area contributed by atoms with E-state index in [-0.39, 0.29) is 25.9 Å². The van der Waals surface area contributed by atoms with E-state index >= 15 is 0 Å². The van der Waals surface area contributed by atoms with Crippen LogP contribution in [0.3, 0.4) is 0 Å². The zero-order valence-electron chi connectivity index (χ0n) is 43.1. The molecule has 3 unspecified atom stereocenters. The highest BCUT2D eigenvalue weighted by Crippen LogP contribution is 2.43. The number of allylic oxidation sites excluding steroid dienone is 12. The lowest BCUT2D eigenvalue weighted by molar-refractivity contribution is -0.161. The van der Waals surface area contributed by atoms with E-state index in [1.165, 1.54) is 51.4 Å². The molecule has 3 atom stereocenters. The highest BCUT2D eigenvalue weighted by molar-refractivity contribution is 7.47. The molecule has 12 heteroatoms. The van der Waals surface area contributed by atoms with Crippen molar-refractivity contribution in [1.29, 1.82) is 0 Å². The molecule has 68 heavy (non-hydrogen) atoms. The van der Waals surface area contributed by atoms with E-state index in [0.29, 0.717) is 19.3 Å². The molecule has 0 bridgehead atoms. The lowest BCUT2D eigenvalue weighted by Crippen LogP contribution is -2.30. The van der Waals surface area contributed by atoms with Crippen LogP contribution in [0.5, 0.6) is 0 Å². The Balaban J connectivity index is 4.73. The first-order valence-electron chi connectivity index (χ1n) is 26.8. The lowest BCUT2D eigenvalue weighted by atomic mass is 10.1. The Morgan fingerprint density at radius 2 is 0.765 bits per heavy atom. The second-order valence-corrected chi connectivity index (χ2v) is 19.1. The maximum absolute atomic E-state index is 12.8. The molecule has 0 fully saturated rings. The van der Waals surface area contributed by atoms with Gasteiger partial charge in [-0.05, 0) is 89.9 Å². The number of unbranched alkanes of at least 4 members (excludes halogenated alkanes) is 20. The van der Waals surface area contributed by atoms with Crippen LogP contribution in [0.25, 0.3) is 0 Å². The van der Waals surface area contributed by atoms with Gasteiger partial charge < -0.3 is 24.2 Å². The van der Waals surface area contributed by atoms with Crippen molar-refractivity contribution in [2.75, 3.05) is 26.4 Å². The van der Waals surface area contributed by atoms with Gasteiger partial charge >= 0.3 is 25.7 Å². The van der Waals surface area contributed by atoms with Crippen LogP contribution >= 0.6 is 7.82 Å². The van der Waals surface area contributed by atoms with E-state index in [1.807, 2.05) is 0 Å². The van der Waals surface area contributed by atoms with Gasteiger partial charge in [0.15, 0.2) is 6.10 Å². The third-order valence-corrected chi connectivity index (χ3v) is 12.1. The van der Waals surface area contributed by atoms with Crippen molar-refractivity contribution >= 4 is 25.7 Å². The lowest BCUT2D eigenvalue weighted by Gasteiger charge is -2.21. The third kappa shape index (κ3) is 48.0. The fraction of sp³-hybridized carbons (Fsp3) is 0.732. The maximum atomic E-state index is 12.8. The molecule has 11 nitrogen and oxygen atoms in total. The summed E-state index contributed by atoms with van der Waals surface area (Å²) >= 11 is 0. The molecule has 0 aliphatic heterocycles. The fourth-order valence-electron chi connectivity index (χ4n) is 7.02. The summed E-state index contributed by atoms with van der Waals surface area (Å²) in [6, 6.07) is 0. The van der Waals surface area contributed by atoms with Gasteiger partial charge in [0.25, 0.3) is 0 Å². The average molecular weight is 977 g/mol. The summed E-state index contributed by atoms with van der Waals surface area (Å²) in [6.07, 6.45) is 54.4. The molecule has 0 spiro atoms. The van der Waals surface area contributed by atoms with Crippen LogP contribution < -0.4 is 0 Å². The Kier molecular flexibility index (Phi) is 48.0. The summed E-state index contributed by atoms with van der Waals surface area (Å²) < 4.78 is 39.3. The molecular weight excluding hydrogens is 880 g/mol. The minimum Gasteiger partial charge on any atom is -0.462 e. The van der Waals surface area contributed by atoms with Crippen LogP contribution in [-0.2, 0) is 42.2 Å². The first-order valence-corrected chi connectivity index (χ1v) is 28.3. The molecule has 0 rings (SSSR count). The van der Waals surface area contributed by atoms with E-state index in [4.69, 9.17) is 23.3 Å². The van der Waals surface area contributed by atoms with Crippen LogP contribution in [-0.4, -0.2) is 66.5 Å². The van der Waals surface area contributed by atoms with Gasteiger partial charge in [0.05, 0.1) is 19.8 Å². The number of hydrogen-bond acceptors (Lipinski definition) is 10. The van der Waals surface area contributed by atoms with E-state index < -0.39 is 57.8 Å². The van der Waals surface area contributed by atoms with Crippen molar-refractivity contribution in [1.82, 2.24) is 0 Å². The van der Waals surface area contributed by atoms with E-state index in [1.54, 1.807) is 0 Å². The molecule has 392 valence electrons. The molecule has 0 aliphatic carbocycles. The zero-order valence-corrected chi connectivity index (χ0v) is 43.9. The number of aliphatic hydroxyl groups excluding tert-OH is 1. The highest BCUT2D eigenvalue weighted by Gasteiger charge is 2.28. The molecule has 0 heterocycles. The molecule has 0 amide bonds. The Morgan fingerprint density at radius 1 is 0.426 bits per heavy atom. The van der Waals surface area contributed by atoms with Gasteiger partial charge in [-0.15, -0.1) is 0 Å². The summed E-state index contributed by atoms with van der Waals surface area (Å²) in [4.78, 5) is 48.3. The summed E-state index contributed by atoms with van der Waals surface area (Å²) in [5, 5.41) is 9.78. The van der Waals surface area contributed by atoms with Gasteiger partial charge in [-0.1, -0.05) is 190 Å². The quantitative estimate of drug-likeness (QED) is 0.0197. The number of phosphoric acid groups is 1. The van der Waals surface area contributed by atoms with Gasteiger partial charge in [-0.25, -0.2) is 4.57 Å². The third-order valence-electron chi connectivity index (χ3n) is 11.1. The minimum atomic E-state index is -4.75. The molecule has 0 saturated heterocycles. The molecule has 0 aromatic rings. The Labute approximate surface area is 414 Å². The van der Waals surface area contributed by atoms with E-state index in [2.05, 4.69) is 93.7 Å². The van der Waals surface area contributed by atoms with Crippen molar-refractivity contribution in [2.24, 2.45) is 0 Å². The number of phosphoric ester groups is 1. The second-order valence-electron chi connectivity index (χ2n) is 17.7. The summed E-state index contributed by atoms with van der Waals surface area (Å²) in [7, 11) is -4.75. The Bertz CT molecular complexity index is 1420. The smallest absolute Gasteiger partial charge is 0.462 e. The molecule has 0 saturated carbocycles. The van der Waals surface area contributed by atoms with Crippen molar-refractivity contribution in [3.8, 4) is 0 Å². The van der Waals surface area contributed by atoms with Crippen molar-refractivity contribution in [2.45, 2.75) is 238 Å². The second kappa shape index (κ2) is 50.3. The average Bonchev–Trinajstić information content (AvgIpc) is 3.32. The number of carbonyl (C=O) groups is 3. The van der Waals surface area contributed by atoms with Crippen LogP contribution in [0.15, 0.2) is 72.9 Å². The van der Waals surface area contributed by atoms with Crippen molar-refractivity contribution < 1.29 is 52.2 Å². The summed E-state index contributed by atoms with van der Waals surface area (Å²) in [5.41, 5.74) is 0. The molecule has 0 aliphatic rings. The summed E-state index contributed by atoms with van der Waals surface area (Å²) in [6.45, 7) is 4.43. The number of ether oxygens (including phenoxy) is 3. The normalized spacial score (nSPS) is 14.0. The van der Waals surface area contributed by atoms with E-state index in [9.17, 15) is 28.9 Å². The van der Waals surface area contributed by atoms with Crippen LogP contribution in [0.2, 0.25) is 0 Å². The van der Waals surface area contributed by atoms with Crippen LogP contribution in [0.4, 0.5) is 0 Å². The van der Waals surface area contributed by atoms with Gasteiger partial charge in [-0.3, -0.25) is 23.4 Å². The minimum absolute atomic E-state index is 0.138. The predicted octanol–water partition coefficient (Wildman–Crippen LogP) is 15.4. The fourth-order valence-corrected chi connectivity index (χ4v) is 7.81. The number of rotatable bonds is 49. The number of esters is 3. The SMILES string of the molecule is CC/C=C\C/C=C\C/C=C\C/C=C\CCCCCCC(=O)OC(COC(=O)CCCCCCCCCCC)COP(=O)(O)OCC(CO)OC(=O)CCCCCCC/C=C\C/C=C\CCCCC. The van der Waals surface area contributed by atoms with Crippen molar-refractivity contribution in [3.63, 3.8) is 0 Å². The van der Waals surface area contributed by atoms with Gasteiger partial charge in [0, 0.05) is 19.3 Å². The molecule has 0 radical (unpaired) electrons. The van der Waals surface area contributed by atoms with Gasteiger partial charge in [-0.2, -0.15) is 0 Å². The highest BCUT2D eigenvalue weighted by atomic mass is 31.2.